The number of amides is 1. The van der Waals surface area contributed by atoms with Crippen molar-refractivity contribution < 1.29 is 39.8 Å². The summed E-state index contributed by atoms with van der Waals surface area (Å²) >= 11 is 0. The van der Waals surface area contributed by atoms with E-state index in [0.717, 1.165) is 44.9 Å². The van der Waals surface area contributed by atoms with Gasteiger partial charge in [-0.1, -0.05) is 229 Å². The van der Waals surface area contributed by atoms with E-state index in [4.69, 9.17) is 9.47 Å². The van der Waals surface area contributed by atoms with Crippen LogP contribution >= 0.6 is 0 Å². The van der Waals surface area contributed by atoms with Gasteiger partial charge in [0.2, 0.25) is 5.91 Å². The molecule has 0 spiro atoms. The van der Waals surface area contributed by atoms with Crippen molar-refractivity contribution in [3.05, 3.63) is 48.6 Å². The molecule has 6 N–H and O–H groups in total. The summed E-state index contributed by atoms with van der Waals surface area (Å²) in [4.78, 5) is 13.0. The summed E-state index contributed by atoms with van der Waals surface area (Å²) in [6.07, 6.45) is 54.5. The second-order valence-corrected chi connectivity index (χ2v) is 19.4. The molecule has 1 amide bonds. The van der Waals surface area contributed by atoms with Crippen LogP contribution in [0.2, 0.25) is 0 Å². The van der Waals surface area contributed by atoms with E-state index in [9.17, 15) is 30.3 Å². The van der Waals surface area contributed by atoms with Crippen molar-refractivity contribution >= 4 is 5.91 Å². The highest BCUT2D eigenvalue weighted by atomic mass is 16.7. The van der Waals surface area contributed by atoms with Gasteiger partial charge in [-0.25, -0.2) is 0 Å². The number of aliphatic hydroxyl groups excluding tert-OH is 5. The van der Waals surface area contributed by atoms with Crippen molar-refractivity contribution in [3.63, 3.8) is 0 Å². The molecule has 386 valence electrons. The molecule has 0 radical (unpaired) electrons. The Labute approximate surface area is 405 Å². The first-order chi connectivity index (χ1) is 32.3. The number of hydrogen-bond acceptors (Lipinski definition) is 8. The van der Waals surface area contributed by atoms with E-state index in [1.807, 2.05) is 6.08 Å². The molecule has 1 aliphatic rings. The quantitative estimate of drug-likeness (QED) is 0.0261. The zero-order valence-corrected chi connectivity index (χ0v) is 42.7. The van der Waals surface area contributed by atoms with Gasteiger partial charge in [0.25, 0.3) is 0 Å². The van der Waals surface area contributed by atoms with Crippen LogP contribution in [0.5, 0.6) is 0 Å². The van der Waals surface area contributed by atoms with E-state index in [2.05, 4.69) is 55.6 Å². The standard InChI is InChI=1S/C57H105NO8/c1-3-5-7-9-11-13-15-17-19-21-23-25-26-27-29-31-33-35-37-39-41-43-45-47-53(61)58-50(49-65-57-56(64)55(63)54(62)52(48-59)66-57)51(60)46-44-42-40-38-36-34-32-30-28-24-22-20-18-16-14-12-10-8-6-4-2/h15,17,21,23,36,38,44,46,50-52,54-57,59-60,62-64H,3-14,16,18-20,22,24-35,37,39-43,45,47-49H2,1-2H3,(H,58,61)/b17-15-,23-21-,38-36+,46-44+. The Balaban J connectivity index is 2.27. The maximum absolute atomic E-state index is 13.0. The summed E-state index contributed by atoms with van der Waals surface area (Å²) in [6.45, 7) is 3.77. The van der Waals surface area contributed by atoms with E-state index in [-0.39, 0.29) is 12.5 Å². The topological polar surface area (TPSA) is 149 Å². The van der Waals surface area contributed by atoms with Crippen molar-refractivity contribution in [2.45, 2.75) is 294 Å². The summed E-state index contributed by atoms with van der Waals surface area (Å²) in [5.74, 6) is -0.188. The first-order valence-corrected chi connectivity index (χ1v) is 27.9. The minimum Gasteiger partial charge on any atom is -0.394 e. The van der Waals surface area contributed by atoms with Crippen molar-refractivity contribution in [3.8, 4) is 0 Å². The van der Waals surface area contributed by atoms with Gasteiger partial charge in [-0.15, -0.1) is 0 Å². The molecule has 1 aliphatic heterocycles. The number of nitrogens with one attached hydrogen (secondary N) is 1. The largest absolute Gasteiger partial charge is 0.394 e. The number of rotatable bonds is 47. The lowest BCUT2D eigenvalue weighted by atomic mass is 9.99. The zero-order valence-electron chi connectivity index (χ0n) is 42.7. The minimum absolute atomic E-state index is 0.188. The molecule has 7 unspecified atom stereocenters. The van der Waals surface area contributed by atoms with E-state index in [1.165, 1.54) is 186 Å². The lowest BCUT2D eigenvalue weighted by Crippen LogP contribution is -2.60. The molecule has 1 saturated heterocycles. The van der Waals surface area contributed by atoms with E-state index < -0.39 is 49.5 Å². The molecule has 9 nitrogen and oxygen atoms in total. The van der Waals surface area contributed by atoms with Crippen LogP contribution in [0.25, 0.3) is 0 Å². The summed E-state index contributed by atoms with van der Waals surface area (Å²) in [5.41, 5.74) is 0. The first-order valence-electron chi connectivity index (χ1n) is 27.9. The maximum atomic E-state index is 13.0. The smallest absolute Gasteiger partial charge is 0.220 e. The molecular weight excluding hydrogens is 827 g/mol. The van der Waals surface area contributed by atoms with Crippen LogP contribution in [0.1, 0.15) is 251 Å². The minimum atomic E-state index is -1.57. The predicted octanol–water partition coefficient (Wildman–Crippen LogP) is 13.3. The fourth-order valence-corrected chi connectivity index (χ4v) is 8.67. The Morgan fingerprint density at radius 1 is 0.515 bits per heavy atom. The molecule has 0 aromatic rings. The first kappa shape index (κ1) is 62.2. The highest BCUT2D eigenvalue weighted by molar-refractivity contribution is 5.76. The van der Waals surface area contributed by atoms with Crippen molar-refractivity contribution in [2.24, 2.45) is 0 Å². The molecule has 9 heteroatoms. The van der Waals surface area contributed by atoms with Gasteiger partial charge in [0.15, 0.2) is 6.29 Å². The highest BCUT2D eigenvalue weighted by Gasteiger charge is 2.44. The van der Waals surface area contributed by atoms with E-state index in [1.54, 1.807) is 6.08 Å². The Hall–Kier alpha value is -1.85. The van der Waals surface area contributed by atoms with Gasteiger partial charge in [0.1, 0.15) is 24.4 Å². The lowest BCUT2D eigenvalue weighted by molar-refractivity contribution is -0.302. The van der Waals surface area contributed by atoms with Crippen LogP contribution < -0.4 is 5.32 Å². The highest BCUT2D eigenvalue weighted by Crippen LogP contribution is 2.23. The normalized spacial score (nSPS) is 20.1. The average Bonchev–Trinajstić information content (AvgIpc) is 3.32. The van der Waals surface area contributed by atoms with Gasteiger partial charge in [-0.2, -0.15) is 0 Å². The van der Waals surface area contributed by atoms with Gasteiger partial charge in [0, 0.05) is 6.42 Å². The molecule has 0 aromatic carbocycles. The molecular formula is C57H105NO8. The summed E-state index contributed by atoms with van der Waals surface area (Å²) in [5, 5.41) is 54.4. The Morgan fingerprint density at radius 2 is 0.909 bits per heavy atom. The summed E-state index contributed by atoms with van der Waals surface area (Å²) < 4.78 is 11.2. The second-order valence-electron chi connectivity index (χ2n) is 19.4. The third-order valence-corrected chi connectivity index (χ3v) is 13.1. The van der Waals surface area contributed by atoms with Crippen LogP contribution in [0.4, 0.5) is 0 Å². The lowest BCUT2D eigenvalue weighted by Gasteiger charge is -2.40. The molecule has 7 atom stereocenters. The Morgan fingerprint density at radius 3 is 1.36 bits per heavy atom. The Bertz CT molecular complexity index is 1170. The average molecular weight is 932 g/mol. The van der Waals surface area contributed by atoms with E-state index in [0.29, 0.717) is 6.42 Å². The third kappa shape index (κ3) is 36.2. The van der Waals surface area contributed by atoms with Crippen molar-refractivity contribution in [1.82, 2.24) is 5.32 Å². The molecule has 66 heavy (non-hydrogen) atoms. The molecule has 0 bridgehead atoms. The zero-order chi connectivity index (χ0) is 48.0. The van der Waals surface area contributed by atoms with Crippen LogP contribution in [0.15, 0.2) is 48.6 Å². The summed E-state index contributed by atoms with van der Waals surface area (Å²) in [6, 6.07) is -0.824. The number of carbonyl (C=O) groups is 1. The number of hydrogen-bond donors (Lipinski definition) is 6. The van der Waals surface area contributed by atoms with E-state index >= 15 is 0 Å². The van der Waals surface area contributed by atoms with Gasteiger partial charge < -0.3 is 40.3 Å². The summed E-state index contributed by atoms with van der Waals surface area (Å²) in [7, 11) is 0. The SMILES string of the molecule is CCCCCCC/C=C\C/C=C\CCCCCCCCCCCCCC(=O)NC(COC1OC(CO)C(O)C(O)C1O)C(O)/C=C/CC/C=C/CCCCCCCCCCCCCCCC. The van der Waals surface area contributed by atoms with Crippen LogP contribution in [0.3, 0.4) is 0 Å². The van der Waals surface area contributed by atoms with Crippen LogP contribution in [0, 0.1) is 0 Å². The van der Waals surface area contributed by atoms with Gasteiger partial charge in [-0.3, -0.25) is 4.79 Å². The number of ether oxygens (including phenoxy) is 2. The van der Waals surface area contributed by atoms with Gasteiger partial charge >= 0.3 is 0 Å². The van der Waals surface area contributed by atoms with Gasteiger partial charge in [-0.05, 0) is 64.2 Å². The Kier molecular flexibility index (Phi) is 44.1. The second kappa shape index (κ2) is 46.9. The maximum Gasteiger partial charge on any atom is 0.220 e. The van der Waals surface area contributed by atoms with Crippen molar-refractivity contribution in [1.29, 1.82) is 0 Å². The molecule has 1 heterocycles. The third-order valence-electron chi connectivity index (χ3n) is 13.1. The monoisotopic (exact) mass is 932 g/mol. The van der Waals surface area contributed by atoms with Crippen LogP contribution in [-0.4, -0.2) is 87.5 Å². The van der Waals surface area contributed by atoms with Gasteiger partial charge in [0.05, 0.1) is 25.4 Å². The molecule has 1 rings (SSSR count). The number of allylic oxidation sites excluding steroid dienone is 7. The molecule has 0 aliphatic carbocycles. The van der Waals surface area contributed by atoms with Crippen LogP contribution in [-0.2, 0) is 14.3 Å². The number of unbranched alkanes of at least 4 members (excludes halogenated alkanes) is 31. The fraction of sp³-hybridized carbons (Fsp3) is 0.842. The number of carbonyl (C=O) groups excluding carboxylic acids is 1. The number of aliphatic hydroxyl groups is 5. The van der Waals surface area contributed by atoms with Crippen molar-refractivity contribution in [2.75, 3.05) is 13.2 Å². The molecule has 0 saturated carbocycles. The molecule has 0 aromatic heterocycles. The fourth-order valence-electron chi connectivity index (χ4n) is 8.67. The molecule has 1 fully saturated rings. The predicted molar refractivity (Wildman–Crippen MR) is 276 cm³/mol.